The highest BCUT2D eigenvalue weighted by Crippen LogP contribution is 2.16. The summed E-state index contributed by atoms with van der Waals surface area (Å²) < 4.78 is 2.19. The molecule has 0 atom stereocenters. The van der Waals surface area contributed by atoms with Crippen molar-refractivity contribution >= 4 is 17.5 Å². The van der Waals surface area contributed by atoms with Crippen LogP contribution in [0.3, 0.4) is 0 Å². The van der Waals surface area contributed by atoms with E-state index in [1.807, 2.05) is 30.3 Å². The Balaban J connectivity index is 1.20. The Labute approximate surface area is 176 Å². The molecule has 0 aliphatic carbocycles. The molecule has 8 heteroatoms. The summed E-state index contributed by atoms with van der Waals surface area (Å²) in [5.74, 6) is 1.76. The first-order valence-corrected chi connectivity index (χ1v) is 10.8. The average Bonchev–Trinajstić information content (AvgIpc) is 3.34. The lowest BCUT2D eigenvalue weighted by Crippen LogP contribution is -2.29. The minimum Gasteiger partial charge on any atom is -0.356 e. The van der Waals surface area contributed by atoms with Gasteiger partial charge in [-0.3, -0.25) is 9.59 Å². The van der Waals surface area contributed by atoms with Gasteiger partial charge in [0.05, 0.1) is 12.3 Å². The van der Waals surface area contributed by atoms with E-state index < -0.39 is 0 Å². The number of amides is 2. The molecule has 8 nitrogen and oxygen atoms in total. The second-order valence-corrected chi connectivity index (χ2v) is 7.77. The van der Waals surface area contributed by atoms with Crippen molar-refractivity contribution in [3.63, 3.8) is 0 Å². The smallest absolute Gasteiger partial charge is 0.243 e. The van der Waals surface area contributed by atoms with E-state index in [1.165, 1.54) is 11.4 Å². The first kappa shape index (κ1) is 20.3. The van der Waals surface area contributed by atoms with Crippen LogP contribution in [0.2, 0.25) is 0 Å². The van der Waals surface area contributed by atoms with Crippen molar-refractivity contribution in [1.82, 2.24) is 25.1 Å². The lowest BCUT2D eigenvalue weighted by molar-refractivity contribution is -0.133. The van der Waals surface area contributed by atoms with Crippen LogP contribution in [-0.4, -0.2) is 50.4 Å². The number of aromatic nitrogens is 3. The standard InChI is InChI=1S/C22H28N6O2/c29-21(23-14-12-20-25-24-19-9-5-2-6-15-27(19)20)10-11-22(30)28-16-13-18(26-28)17-7-3-1-4-8-17/h1,3-4,7-8H,2,5-6,9-16H2,(H,23,29). The summed E-state index contributed by atoms with van der Waals surface area (Å²) in [6.45, 7) is 2.04. The highest BCUT2D eigenvalue weighted by Gasteiger charge is 2.22. The molecule has 1 aromatic carbocycles. The van der Waals surface area contributed by atoms with Gasteiger partial charge in [-0.1, -0.05) is 36.8 Å². The van der Waals surface area contributed by atoms with E-state index in [0.717, 1.165) is 55.2 Å². The van der Waals surface area contributed by atoms with Crippen molar-refractivity contribution in [2.45, 2.75) is 57.9 Å². The predicted molar refractivity (Wildman–Crippen MR) is 113 cm³/mol. The number of carbonyl (C=O) groups excluding carboxylic acids is 2. The van der Waals surface area contributed by atoms with Crippen molar-refractivity contribution in [3.05, 3.63) is 47.5 Å². The molecule has 4 rings (SSSR count). The molecule has 0 radical (unpaired) electrons. The number of hydrogen-bond donors (Lipinski definition) is 1. The monoisotopic (exact) mass is 408 g/mol. The van der Waals surface area contributed by atoms with Crippen LogP contribution in [0.1, 0.15) is 55.7 Å². The maximum absolute atomic E-state index is 12.4. The third-order valence-corrected chi connectivity index (χ3v) is 5.62. The topological polar surface area (TPSA) is 92.5 Å². The molecule has 2 aromatic rings. The minimum absolute atomic E-state index is 0.112. The normalized spacial score (nSPS) is 16.0. The molecule has 0 unspecified atom stereocenters. The van der Waals surface area contributed by atoms with Crippen LogP contribution < -0.4 is 5.32 Å². The largest absolute Gasteiger partial charge is 0.356 e. The fourth-order valence-electron chi connectivity index (χ4n) is 3.95. The average molecular weight is 409 g/mol. The third kappa shape index (κ3) is 4.93. The Morgan fingerprint density at radius 2 is 1.83 bits per heavy atom. The molecule has 2 aliphatic rings. The summed E-state index contributed by atoms with van der Waals surface area (Å²) in [6, 6.07) is 9.87. The molecule has 158 valence electrons. The van der Waals surface area contributed by atoms with E-state index in [2.05, 4.69) is 25.2 Å². The summed E-state index contributed by atoms with van der Waals surface area (Å²) in [5.41, 5.74) is 1.96. The highest BCUT2D eigenvalue weighted by molar-refractivity contribution is 6.02. The maximum atomic E-state index is 12.4. The van der Waals surface area contributed by atoms with Gasteiger partial charge in [0.25, 0.3) is 0 Å². The zero-order chi connectivity index (χ0) is 20.8. The van der Waals surface area contributed by atoms with E-state index in [9.17, 15) is 9.59 Å². The highest BCUT2D eigenvalue weighted by atomic mass is 16.2. The molecule has 2 amide bonds. The molecule has 30 heavy (non-hydrogen) atoms. The quantitative estimate of drug-likeness (QED) is 0.759. The second kappa shape index (κ2) is 9.65. The fourth-order valence-corrected chi connectivity index (χ4v) is 3.95. The van der Waals surface area contributed by atoms with Gasteiger partial charge in [0.2, 0.25) is 11.8 Å². The molecule has 3 heterocycles. The first-order valence-electron chi connectivity index (χ1n) is 10.8. The number of nitrogens with one attached hydrogen (secondary N) is 1. The van der Waals surface area contributed by atoms with Crippen LogP contribution in [0.5, 0.6) is 0 Å². The number of benzene rings is 1. The number of nitrogens with zero attached hydrogens (tertiary/aromatic N) is 5. The fraction of sp³-hybridized carbons (Fsp3) is 0.500. The molecule has 0 saturated heterocycles. The van der Waals surface area contributed by atoms with E-state index in [-0.39, 0.29) is 24.7 Å². The van der Waals surface area contributed by atoms with Crippen LogP contribution in [0.25, 0.3) is 0 Å². The van der Waals surface area contributed by atoms with Gasteiger partial charge in [-0.05, 0) is 18.4 Å². The van der Waals surface area contributed by atoms with Crippen molar-refractivity contribution in [2.75, 3.05) is 13.1 Å². The summed E-state index contributed by atoms with van der Waals surface area (Å²) in [5, 5.41) is 17.4. The van der Waals surface area contributed by atoms with Gasteiger partial charge in [-0.2, -0.15) is 5.10 Å². The van der Waals surface area contributed by atoms with E-state index in [1.54, 1.807) is 0 Å². The summed E-state index contributed by atoms with van der Waals surface area (Å²) >= 11 is 0. The lowest BCUT2D eigenvalue weighted by Gasteiger charge is -2.11. The zero-order valence-electron chi connectivity index (χ0n) is 17.2. The van der Waals surface area contributed by atoms with Crippen LogP contribution in [-0.2, 0) is 29.0 Å². The van der Waals surface area contributed by atoms with E-state index in [0.29, 0.717) is 19.5 Å². The number of hydrazone groups is 1. The minimum atomic E-state index is -0.120. The van der Waals surface area contributed by atoms with Crippen molar-refractivity contribution in [1.29, 1.82) is 0 Å². The summed E-state index contributed by atoms with van der Waals surface area (Å²) in [6.07, 6.45) is 6.25. The van der Waals surface area contributed by atoms with Crippen LogP contribution in [0, 0.1) is 0 Å². The van der Waals surface area contributed by atoms with Gasteiger partial charge in [0.15, 0.2) is 0 Å². The van der Waals surface area contributed by atoms with Gasteiger partial charge in [0.1, 0.15) is 11.6 Å². The molecule has 0 saturated carbocycles. The molecular formula is C22H28N6O2. The Bertz CT molecular complexity index is 921. The number of rotatable bonds is 7. The Morgan fingerprint density at radius 1 is 0.967 bits per heavy atom. The van der Waals surface area contributed by atoms with Crippen LogP contribution in [0.15, 0.2) is 35.4 Å². The van der Waals surface area contributed by atoms with E-state index in [4.69, 9.17) is 0 Å². The van der Waals surface area contributed by atoms with Gasteiger partial charge >= 0.3 is 0 Å². The molecule has 1 N–H and O–H groups in total. The number of hydrogen-bond acceptors (Lipinski definition) is 5. The first-order chi connectivity index (χ1) is 14.7. The number of carbonyl (C=O) groups is 2. The van der Waals surface area contributed by atoms with Crippen LogP contribution >= 0.6 is 0 Å². The molecule has 0 fully saturated rings. The van der Waals surface area contributed by atoms with E-state index >= 15 is 0 Å². The van der Waals surface area contributed by atoms with Gasteiger partial charge in [0, 0.05) is 45.2 Å². The lowest BCUT2D eigenvalue weighted by atomic mass is 10.1. The molecule has 0 bridgehead atoms. The van der Waals surface area contributed by atoms with Gasteiger partial charge in [-0.25, -0.2) is 5.01 Å². The van der Waals surface area contributed by atoms with Crippen molar-refractivity contribution in [2.24, 2.45) is 5.10 Å². The van der Waals surface area contributed by atoms with Crippen molar-refractivity contribution < 1.29 is 9.59 Å². The number of fused-ring (bicyclic) bond motifs is 1. The Hall–Kier alpha value is -3.03. The number of aryl methyl sites for hydroxylation is 1. The molecular weight excluding hydrogens is 380 g/mol. The molecule has 1 aromatic heterocycles. The second-order valence-electron chi connectivity index (χ2n) is 7.77. The van der Waals surface area contributed by atoms with Gasteiger partial charge in [-0.15, -0.1) is 10.2 Å². The zero-order valence-corrected chi connectivity index (χ0v) is 17.2. The molecule has 2 aliphatic heterocycles. The SMILES string of the molecule is O=C(CCC(=O)N1CCC(c2ccccc2)=N1)NCCc1nnc2n1CCCCC2. The molecule has 0 spiro atoms. The third-order valence-electron chi connectivity index (χ3n) is 5.62. The Kier molecular flexibility index (Phi) is 6.51. The van der Waals surface area contributed by atoms with Crippen LogP contribution in [0.4, 0.5) is 0 Å². The predicted octanol–water partition coefficient (Wildman–Crippen LogP) is 2.08. The maximum Gasteiger partial charge on any atom is 0.243 e. The summed E-state index contributed by atoms with van der Waals surface area (Å²) in [4.78, 5) is 24.6. The van der Waals surface area contributed by atoms with Gasteiger partial charge < -0.3 is 9.88 Å². The summed E-state index contributed by atoms with van der Waals surface area (Å²) in [7, 11) is 0. The van der Waals surface area contributed by atoms with Crippen molar-refractivity contribution in [3.8, 4) is 0 Å². The Morgan fingerprint density at radius 3 is 2.70 bits per heavy atom.